The predicted molar refractivity (Wildman–Crippen MR) is 102 cm³/mol. The highest BCUT2D eigenvalue weighted by atomic mass is 16.2. The third-order valence-corrected chi connectivity index (χ3v) is 5.29. The van der Waals surface area contributed by atoms with Crippen molar-refractivity contribution in [3.05, 3.63) is 47.2 Å². The number of rotatable bonds is 2. The Morgan fingerprint density at radius 1 is 0.962 bits per heavy atom. The largest absolute Gasteiger partial charge is 0.352 e. The molecule has 0 radical (unpaired) electrons. The van der Waals surface area contributed by atoms with Crippen LogP contribution in [0.15, 0.2) is 30.3 Å². The predicted octanol–water partition coefficient (Wildman–Crippen LogP) is 2.02. The monoisotopic (exact) mass is 351 g/mol. The number of aromatic nitrogens is 2. The van der Waals surface area contributed by atoms with Gasteiger partial charge in [0, 0.05) is 58.0 Å². The summed E-state index contributed by atoms with van der Waals surface area (Å²) in [5.74, 6) is 1.92. The van der Waals surface area contributed by atoms with Crippen molar-refractivity contribution in [2.24, 2.45) is 0 Å². The zero-order chi connectivity index (χ0) is 18.1. The molecule has 0 spiro atoms. The average Bonchev–Trinajstić information content (AvgIpc) is 2.67. The number of benzene rings is 1. The van der Waals surface area contributed by atoms with Crippen LogP contribution in [-0.4, -0.2) is 53.5 Å². The van der Waals surface area contributed by atoms with Crippen LogP contribution in [-0.2, 0) is 17.8 Å². The molecule has 136 valence electrons. The second kappa shape index (κ2) is 6.94. The Kier molecular flexibility index (Phi) is 4.49. The van der Waals surface area contributed by atoms with Gasteiger partial charge in [0.15, 0.2) is 0 Å². The molecular formula is C20H25N5O. The van der Waals surface area contributed by atoms with Crippen LogP contribution >= 0.6 is 0 Å². The summed E-state index contributed by atoms with van der Waals surface area (Å²) < 4.78 is 0. The summed E-state index contributed by atoms with van der Waals surface area (Å²) in [7, 11) is 0. The van der Waals surface area contributed by atoms with Crippen LogP contribution in [0.2, 0.25) is 0 Å². The Morgan fingerprint density at radius 2 is 1.69 bits per heavy atom. The molecule has 2 aromatic rings. The Labute approximate surface area is 154 Å². The molecule has 0 N–H and O–H groups in total. The molecule has 4 rings (SSSR count). The second-order valence-corrected chi connectivity index (χ2v) is 7.10. The fourth-order valence-corrected chi connectivity index (χ4v) is 3.75. The molecule has 0 aliphatic carbocycles. The van der Waals surface area contributed by atoms with E-state index in [9.17, 15) is 4.79 Å². The second-order valence-electron chi connectivity index (χ2n) is 7.10. The number of hydrogen-bond donors (Lipinski definition) is 0. The van der Waals surface area contributed by atoms with Gasteiger partial charge in [-0.2, -0.15) is 4.98 Å². The number of hydrogen-bond acceptors (Lipinski definition) is 5. The van der Waals surface area contributed by atoms with Gasteiger partial charge >= 0.3 is 0 Å². The van der Waals surface area contributed by atoms with E-state index in [0.717, 1.165) is 63.1 Å². The molecule has 1 aromatic heterocycles. The molecular weight excluding hydrogens is 326 g/mol. The van der Waals surface area contributed by atoms with E-state index >= 15 is 0 Å². The van der Waals surface area contributed by atoms with Crippen LogP contribution in [0, 0.1) is 6.92 Å². The highest BCUT2D eigenvalue weighted by molar-refractivity contribution is 5.73. The van der Waals surface area contributed by atoms with Crippen LogP contribution in [0.1, 0.15) is 23.7 Å². The SMILES string of the molecule is CC(=O)N1CCN(c2nc(C)cc(N3CCc4ccccc4C3)n2)CC1. The first-order valence-electron chi connectivity index (χ1n) is 9.28. The zero-order valence-electron chi connectivity index (χ0n) is 15.5. The maximum Gasteiger partial charge on any atom is 0.227 e. The maximum atomic E-state index is 11.5. The van der Waals surface area contributed by atoms with Gasteiger partial charge in [-0.05, 0) is 24.5 Å². The Morgan fingerprint density at radius 3 is 2.42 bits per heavy atom. The Bertz CT molecular complexity index is 814. The number of nitrogens with zero attached hydrogens (tertiary/aromatic N) is 5. The molecule has 26 heavy (non-hydrogen) atoms. The first kappa shape index (κ1) is 16.8. The molecule has 3 heterocycles. The van der Waals surface area contributed by atoms with Crippen molar-refractivity contribution < 1.29 is 4.79 Å². The smallest absolute Gasteiger partial charge is 0.227 e. The van der Waals surface area contributed by atoms with Crippen LogP contribution in [0.5, 0.6) is 0 Å². The van der Waals surface area contributed by atoms with Crippen LogP contribution < -0.4 is 9.80 Å². The summed E-state index contributed by atoms with van der Waals surface area (Å²) in [6.07, 6.45) is 1.05. The van der Waals surface area contributed by atoms with E-state index in [1.165, 1.54) is 11.1 Å². The van der Waals surface area contributed by atoms with Gasteiger partial charge in [-0.1, -0.05) is 24.3 Å². The minimum Gasteiger partial charge on any atom is -0.352 e. The van der Waals surface area contributed by atoms with E-state index in [2.05, 4.69) is 45.1 Å². The van der Waals surface area contributed by atoms with Crippen molar-refractivity contribution in [1.82, 2.24) is 14.9 Å². The van der Waals surface area contributed by atoms with Gasteiger partial charge in [-0.15, -0.1) is 0 Å². The summed E-state index contributed by atoms with van der Waals surface area (Å²) in [6.45, 7) is 8.56. The zero-order valence-corrected chi connectivity index (χ0v) is 15.5. The maximum absolute atomic E-state index is 11.5. The number of piperazine rings is 1. The number of anilines is 2. The van der Waals surface area contributed by atoms with E-state index in [-0.39, 0.29) is 5.91 Å². The number of aryl methyl sites for hydroxylation is 1. The molecule has 0 unspecified atom stereocenters. The number of amides is 1. The van der Waals surface area contributed by atoms with Crippen LogP contribution in [0.4, 0.5) is 11.8 Å². The highest BCUT2D eigenvalue weighted by Crippen LogP contribution is 2.25. The van der Waals surface area contributed by atoms with Crippen molar-refractivity contribution >= 4 is 17.7 Å². The molecule has 1 fully saturated rings. The Hall–Kier alpha value is -2.63. The molecule has 1 aromatic carbocycles. The highest BCUT2D eigenvalue weighted by Gasteiger charge is 2.23. The first-order chi connectivity index (χ1) is 12.6. The van der Waals surface area contributed by atoms with E-state index in [4.69, 9.17) is 4.98 Å². The number of carbonyl (C=O) groups is 1. The molecule has 2 aliphatic rings. The van der Waals surface area contributed by atoms with Crippen molar-refractivity contribution in [2.75, 3.05) is 42.5 Å². The molecule has 0 saturated carbocycles. The first-order valence-corrected chi connectivity index (χ1v) is 9.28. The third-order valence-electron chi connectivity index (χ3n) is 5.29. The number of fused-ring (bicyclic) bond motifs is 1. The van der Waals surface area contributed by atoms with E-state index in [1.807, 2.05) is 11.8 Å². The van der Waals surface area contributed by atoms with Gasteiger partial charge in [0.25, 0.3) is 0 Å². The fraction of sp³-hybridized carbons (Fsp3) is 0.450. The van der Waals surface area contributed by atoms with Gasteiger partial charge in [0.2, 0.25) is 11.9 Å². The fourth-order valence-electron chi connectivity index (χ4n) is 3.75. The minimum atomic E-state index is 0.141. The summed E-state index contributed by atoms with van der Waals surface area (Å²) in [5.41, 5.74) is 3.81. The van der Waals surface area contributed by atoms with E-state index < -0.39 is 0 Å². The topological polar surface area (TPSA) is 52.6 Å². The lowest BCUT2D eigenvalue weighted by Crippen LogP contribution is -2.48. The van der Waals surface area contributed by atoms with E-state index in [0.29, 0.717) is 0 Å². The lowest BCUT2D eigenvalue weighted by molar-refractivity contribution is -0.129. The van der Waals surface area contributed by atoms with Gasteiger partial charge in [-0.25, -0.2) is 4.98 Å². The quantitative estimate of drug-likeness (QED) is 0.828. The lowest BCUT2D eigenvalue weighted by atomic mass is 10.00. The van der Waals surface area contributed by atoms with Crippen LogP contribution in [0.3, 0.4) is 0 Å². The summed E-state index contributed by atoms with van der Waals surface area (Å²) in [4.78, 5) is 27.5. The van der Waals surface area contributed by atoms with Gasteiger partial charge in [0.1, 0.15) is 5.82 Å². The summed E-state index contributed by atoms with van der Waals surface area (Å²) >= 11 is 0. The van der Waals surface area contributed by atoms with Crippen molar-refractivity contribution in [1.29, 1.82) is 0 Å². The summed E-state index contributed by atoms with van der Waals surface area (Å²) in [6, 6.07) is 10.7. The van der Waals surface area contributed by atoms with Gasteiger partial charge in [-0.3, -0.25) is 4.79 Å². The molecule has 0 bridgehead atoms. The van der Waals surface area contributed by atoms with E-state index in [1.54, 1.807) is 6.92 Å². The van der Waals surface area contributed by atoms with Crippen LogP contribution in [0.25, 0.3) is 0 Å². The molecule has 1 amide bonds. The molecule has 0 atom stereocenters. The standard InChI is InChI=1S/C20H25N5O/c1-15-13-19(25-8-7-17-5-3-4-6-18(17)14-25)22-20(21-15)24-11-9-23(10-12-24)16(2)26/h3-6,13H,7-12,14H2,1-2H3. The van der Waals surface area contributed by atoms with Gasteiger partial charge < -0.3 is 14.7 Å². The number of carbonyl (C=O) groups excluding carboxylic acids is 1. The molecule has 1 saturated heterocycles. The Balaban J connectivity index is 1.53. The average molecular weight is 351 g/mol. The summed E-state index contributed by atoms with van der Waals surface area (Å²) in [5, 5.41) is 0. The van der Waals surface area contributed by atoms with Crippen molar-refractivity contribution in [3.8, 4) is 0 Å². The minimum absolute atomic E-state index is 0.141. The molecule has 6 heteroatoms. The van der Waals surface area contributed by atoms with Gasteiger partial charge in [0.05, 0.1) is 0 Å². The molecule has 2 aliphatic heterocycles. The van der Waals surface area contributed by atoms with Crippen molar-refractivity contribution in [3.63, 3.8) is 0 Å². The molecule has 6 nitrogen and oxygen atoms in total. The normalized spacial score (nSPS) is 17.2. The third kappa shape index (κ3) is 3.36. The van der Waals surface area contributed by atoms with Crippen molar-refractivity contribution in [2.45, 2.75) is 26.8 Å². The lowest BCUT2D eigenvalue weighted by Gasteiger charge is -2.35.